The number of aliphatic imine (C=N–C) groups is 1. The first-order valence-electron chi connectivity index (χ1n) is 13.5. The molecule has 0 amide bonds. The Balaban J connectivity index is 1.43. The second-order valence-corrected chi connectivity index (χ2v) is 10.4. The minimum atomic E-state index is 0.894. The zero-order chi connectivity index (χ0) is 25.5. The minimum Gasteiger partial charge on any atom is -0.309 e. The summed E-state index contributed by atoms with van der Waals surface area (Å²) in [5.41, 5.74) is 9.56. The van der Waals surface area contributed by atoms with Crippen LogP contribution >= 0.6 is 0 Å². The molecule has 0 unspecified atom stereocenters. The van der Waals surface area contributed by atoms with Crippen molar-refractivity contribution >= 4 is 66.3 Å². The molecule has 0 saturated carbocycles. The Morgan fingerprint density at radius 2 is 1.10 bits per heavy atom. The van der Waals surface area contributed by atoms with E-state index in [0.29, 0.717) is 0 Å². The molecular formula is C36H23N3. The third-order valence-electron chi connectivity index (χ3n) is 8.31. The predicted molar refractivity (Wildman–Crippen MR) is 164 cm³/mol. The monoisotopic (exact) mass is 497 g/mol. The van der Waals surface area contributed by atoms with Crippen molar-refractivity contribution in [3.05, 3.63) is 127 Å². The van der Waals surface area contributed by atoms with Gasteiger partial charge in [-0.05, 0) is 70.9 Å². The summed E-state index contributed by atoms with van der Waals surface area (Å²) in [5.74, 6) is 0. The zero-order valence-electron chi connectivity index (χ0n) is 21.2. The SMILES string of the molecule is C1=Nc2c(cccc2-n2c3ccccc3c3cc4cc5c6ccccc6n(-c6ccccc6)c5cc4cc32)C1. The topological polar surface area (TPSA) is 22.2 Å². The second-order valence-electron chi connectivity index (χ2n) is 10.4. The van der Waals surface area contributed by atoms with Gasteiger partial charge in [0.2, 0.25) is 0 Å². The summed E-state index contributed by atoms with van der Waals surface area (Å²) < 4.78 is 4.80. The molecule has 0 spiro atoms. The van der Waals surface area contributed by atoms with Crippen molar-refractivity contribution in [3.8, 4) is 11.4 Å². The maximum Gasteiger partial charge on any atom is 0.0901 e. The van der Waals surface area contributed by atoms with Crippen LogP contribution in [0.15, 0.2) is 126 Å². The van der Waals surface area contributed by atoms with E-state index in [-0.39, 0.29) is 0 Å². The highest BCUT2D eigenvalue weighted by molar-refractivity contribution is 6.18. The maximum atomic E-state index is 4.79. The van der Waals surface area contributed by atoms with E-state index in [9.17, 15) is 0 Å². The van der Waals surface area contributed by atoms with Crippen LogP contribution in [0.5, 0.6) is 0 Å². The maximum absolute atomic E-state index is 4.79. The molecule has 39 heavy (non-hydrogen) atoms. The van der Waals surface area contributed by atoms with Crippen LogP contribution in [0.2, 0.25) is 0 Å². The van der Waals surface area contributed by atoms with Gasteiger partial charge in [-0.15, -0.1) is 0 Å². The molecule has 0 radical (unpaired) electrons. The summed E-state index contributed by atoms with van der Waals surface area (Å²) in [6, 6.07) is 44.2. The molecule has 0 fully saturated rings. The van der Waals surface area contributed by atoms with Crippen molar-refractivity contribution in [1.29, 1.82) is 0 Å². The average Bonchev–Trinajstić information content (AvgIpc) is 3.68. The first kappa shape index (κ1) is 20.9. The van der Waals surface area contributed by atoms with Crippen molar-refractivity contribution in [2.24, 2.45) is 4.99 Å². The van der Waals surface area contributed by atoms with Gasteiger partial charge in [-0.3, -0.25) is 4.99 Å². The lowest BCUT2D eigenvalue weighted by atomic mass is 10.0. The van der Waals surface area contributed by atoms with Crippen LogP contribution in [-0.2, 0) is 6.42 Å². The average molecular weight is 498 g/mol. The van der Waals surface area contributed by atoms with Gasteiger partial charge in [-0.25, -0.2) is 0 Å². The quantitative estimate of drug-likeness (QED) is 0.227. The highest BCUT2D eigenvalue weighted by Gasteiger charge is 2.19. The minimum absolute atomic E-state index is 0.894. The van der Waals surface area contributed by atoms with E-state index < -0.39 is 0 Å². The van der Waals surface area contributed by atoms with Crippen molar-refractivity contribution in [3.63, 3.8) is 0 Å². The molecule has 0 atom stereocenters. The van der Waals surface area contributed by atoms with Crippen LogP contribution in [0.25, 0.3) is 65.8 Å². The molecule has 0 N–H and O–H groups in total. The number of para-hydroxylation sites is 4. The van der Waals surface area contributed by atoms with E-state index in [1.54, 1.807) is 0 Å². The molecule has 182 valence electrons. The molecule has 1 aliphatic rings. The summed E-state index contributed by atoms with van der Waals surface area (Å²) >= 11 is 0. The Hall–Kier alpha value is -5.15. The molecule has 9 rings (SSSR count). The number of rotatable bonds is 2. The third kappa shape index (κ3) is 2.84. The van der Waals surface area contributed by atoms with E-state index >= 15 is 0 Å². The van der Waals surface area contributed by atoms with Crippen LogP contribution in [0.4, 0.5) is 5.69 Å². The van der Waals surface area contributed by atoms with E-state index in [4.69, 9.17) is 4.99 Å². The van der Waals surface area contributed by atoms with Crippen LogP contribution in [-0.4, -0.2) is 15.3 Å². The fourth-order valence-electron chi connectivity index (χ4n) is 6.60. The molecular weight excluding hydrogens is 474 g/mol. The van der Waals surface area contributed by atoms with E-state index in [0.717, 1.165) is 17.8 Å². The van der Waals surface area contributed by atoms with E-state index in [1.165, 1.54) is 65.6 Å². The summed E-state index contributed by atoms with van der Waals surface area (Å²) in [4.78, 5) is 4.79. The molecule has 0 saturated heterocycles. The molecule has 3 heteroatoms. The highest BCUT2D eigenvalue weighted by Crippen LogP contribution is 2.41. The smallest absolute Gasteiger partial charge is 0.0901 e. The van der Waals surface area contributed by atoms with Gasteiger partial charge in [-0.2, -0.15) is 0 Å². The van der Waals surface area contributed by atoms with E-state index in [1.807, 2.05) is 6.21 Å². The van der Waals surface area contributed by atoms with Gasteiger partial charge in [0.1, 0.15) is 0 Å². The lowest BCUT2D eigenvalue weighted by Crippen LogP contribution is -1.95. The molecule has 2 aromatic heterocycles. The number of aromatic nitrogens is 2. The third-order valence-corrected chi connectivity index (χ3v) is 8.31. The van der Waals surface area contributed by atoms with Gasteiger partial charge in [0, 0.05) is 39.9 Å². The fraction of sp³-hybridized carbons (Fsp3) is 0.0278. The van der Waals surface area contributed by atoms with Gasteiger partial charge in [0.05, 0.1) is 33.4 Å². The Morgan fingerprint density at radius 3 is 1.85 bits per heavy atom. The lowest BCUT2D eigenvalue weighted by Gasteiger charge is -2.12. The number of benzene rings is 6. The van der Waals surface area contributed by atoms with Crippen LogP contribution < -0.4 is 0 Å². The van der Waals surface area contributed by atoms with Crippen molar-refractivity contribution in [1.82, 2.24) is 9.13 Å². The number of hydrogen-bond acceptors (Lipinski definition) is 1. The molecule has 0 bridgehead atoms. The Kier molecular flexibility index (Phi) is 4.11. The summed E-state index contributed by atoms with van der Waals surface area (Å²) in [5, 5.41) is 7.57. The number of hydrogen-bond donors (Lipinski definition) is 0. The van der Waals surface area contributed by atoms with Crippen molar-refractivity contribution in [2.45, 2.75) is 6.42 Å². The van der Waals surface area contributed by atoms with Crippen molar-refractivity contribution in [2.75, 3.05) is 0 Å². The molecule has 6 aromatic carbocycles. The largest absolute Gasteiger partial charge is 0.309 e. The number of fused-ring (bicyclic) bond motifs is 8. The fourth-order valence-corrected chi connectivity index (χ4v) is 6.60. The van der Waals surface area contributed by atoms with Gasteiger partial charge in [-0.1, -0.05) is 66.7 Å². The van der Waals surface area contributed by atoms with Gasteiger partial charge < -0.3 is 9.13 Å². The first-order valence-corrected chi connectivity index (χ1v) is 13.5. The van der Waals surface area contributed by atoms with Crippen molar-refractivity contribution < 1.29 is 0 Å². The molecule has 8 aromatic rings. The normalized spacial score (nSPS) is 12.9. The molecule has 3 nitrogen and oxygen atoms in total. The Morgan fingerprint density at radius 1 is 0.487 bits per heavy atom. The van der Waals surface area contributed by atoms with Gasteiger partial charge in [0.25, 0.3) is 0 Å². The van der Waals surface area contributed by atoms with Crippen LogP contribution in [0.3, 0.4) is 0 Å². The summed E-state index contributed by atoms with van der Waals surface area (Å²) in [6.45, 7) is 0. The molecule has 0 aliphatic carbocycles. The standard InChI is InChI=1S/C36H23N3/c1-2-10-26(11-3-1)38-31-14-6-4-12-27(31)29-19-24-20-30-28-13-5-7-15-32(28)39(35(30)22-25(24)21-34(29)38)33-16-8-9-23-17-18-37-36(23)33/h1-16,18-22H,17H2. The Bertz CT molecular complexity index is 2300. The predicted octanol–water partition coefficient (Wildman–Crippen LogP) is 9.29. The second kappa shape index (κ2) is 7.68. The van der Waals surface area contributed by atoms with Crippen LogP contribution in [0.1, 0.15) is 5.56 Å². The van der Waals surface area contributed by atoms with E-state index in [2.05, 4.69) is 130 Å². The first-order chi connectivity index (χ1) is 19.3. The van der Waals surface area contributed by atoms with Gasteiger partial charge >= 0.3 is 0 Å². The van der Waals surface area contributed by atoms with Gasteiger partial charge in [0.15, 0.2) is 0 Å². The lowest BCUT2D eigenvalue weighted by molar-refractivity contribution is 1.17. The van der Waals surface area contributed by atoms with Crippen LogP contribution in [0, 0.1) is 0 Å². The number of nitrogens with zero attached hydrogens (tertiary/aromatic N) is 3. The molecule has 1 aliphatic heterocycles. The highest BCUT2D eigenvalue weighted by atomic mass is 15.0. The molecule has 3 heterocycles. The zero-order valence-corrected chi connectivity index (χ0v) is 21.2. The summed E-state index contributed by atoms with van der Waals surface area (Å²) in [6.07, 6.45) is 2.92. The summed E-state index contributed by atoms with van der Waals surface area (Å²) in [7, 11) is 0. The Labute approximate surface area is 224 Å².